The van der Waals surface area contributed by atoms with Crippen molar-refractivity contribution < 1.29 is 19.0 Å². The van der Waals surface area contributed by atoms with Crippen LogP contribution in [-0.2, 0) is 11.2 Å². The summed E-state index contributed by atoms with van der Waals surface area (Å²) in [7, 11) is 0. The quantitative estimate of drug-likeness (QED) is 0.554. The Morgan fingerprint density at radius 1 is 1.13 bits per heavy atom. The van der Waals surface area contributed by atoms with Crippen LogP contribution in [0.4, 0.5) is 10.2 Å². The number of nitrogens with one attached hydrogen (secondary N) is 1. The van der Waals surface area contributed by atoms with E-state index in [1.807, 2.05) is 24.3 Å². The standard InChI is InChI=1S/C23H22FN3O3/c24-18-7-3-15(4-8-18)11-21(23(28)29)27-22-12-20(25-14-26-22)17-5-9-19(10-6-17)30-13-16-1-2-16/h3-10,12,14,16,21H,1-2,11,13H2,(H,28,29)(H,25,26,27)/t21-/m0/s1. The molecule has 0 unspecified atom stereocenters. The van der Waals surface area contributed by atoms with E-state index in [-0.39, 0.29) is 12.2 Å². The average Bonchev–Trinajstić information content (AvgIpc) is 3.58. The molecule has 30 heavy (non-hydrogen) atoms. The van der Waals surface area contributed by atoms with Gasteiger partial charge in [0.1, 0.15) is 29.8 Å². The molecule has 7 heteroatoms. The molecule has 3 aromatic rings. The monoisotopic (exact) mass is 407 g/mol. The van der Waals surface area contributed by atoms with Gasteiger partial charge in [-0.05, 0) is 60.7 Å². The molecule has 0 amide bonds. The maximum absolute atomic E-state index is 13.1. The van der Waals surface area contributed by atoms with Gasteiger partial charge in [0.05, 0.1) is 12.3 Å². The Bertz CT molecular complexity index is 1000. The second-order valence-electron chi connectivity index (χ2n) is 7.43. The Kier molecular flexibility index (Phi) is 5.88. The zero-order chi connectivity index (χ0) is 20.9. The Hall–Kier alpha value is -3.48. The van der Waals surface area contributed by atoms with Gasteiger partial charge in [-0.15, -0.1) is 0 Å². The first-order chi connectivity index (χ1) is 14.6. The van der Waals surface area contributed by atoms with Crippen LogP contribution < -0.4 is 10.1 Å². The smallest absolute Gasteiger partial charge is 0.326 e. The molecule has 1 atom stereocenters. The normalized spacial score (nSPS) is 14.2. The van der Waals surface area contributed by atoms with Crippen LogP contribution in [-0.4, -0.2) is 33.7 Å². The third-order valence-electron chi connectivity index (χ3n) is 4.97. The van der Waals surface area contributed by atoms with E-state index in [9.17, 15) is 14.3 Å². The summed E-state index contributed by atoms with van der Waals surface area (Å²) in [5.41, 5.74) is 2.27. The highest BCUT2D eigenvalue weighted by Crippen LogP contribution is 2.30. The molecular formula is C23H22FN3O3. The second kappa shape index (κ2) is 8.90. The topological polar surface area (TPSA) is 84.3 Å². The number of carboxylic acid groups (broad SMARTS) is 1. The lowest BCUT2D eigenvalue weighted by Crippen LogP contribution is -2.31. The first-order valence-corrected chi connectivity index (χ1v) is 9.86. The van der Waals surface area contributed by atoms with Gasteiger partial charge < -0.3 is 15.2 Å². The van der Waals surface area contributed by atoms with Gasteiger partial charge in [-0.1, -0.05) is 12.1 Å². The molecule has 154 valence electrons. The predicted molar refractivity (Wildman–Crippen MR) is 111 cm³/mol. The number of hydrogen-bond donors (Lipinski definition) is 2. The van der Waals surface area contributed by atoms with Gasteiger partial charge in [-0.3, -0.25) is 0 Å². The Morgan fingerprint density at radius 3 is 2.53 bits per heavy atom. The van der Waals surface area contributed by atoms with Gasteiger partial charge >= 0.3 is 5.97 Å². The molecule has 1 aliphatic carbocycles. The number of anilines is 1. The summed E-state index contributed by atoms with van der Waals surface area (Å²) >= 11 is 0. The van der Waals surface area contributed by atoms with E-state index in [0.29, 0.717) is 23.0 Å². The van der Waals surface area contributed by atoms with Crippen LogP contribution in [0.3, 0.4) is 0 Å². The SMILES string of the molecule is O=C(O)[C@H](Cc1ccc(F)cc1)Nc1cc(-c2ccc(OCC3CC3)cc2)ncn1. The first-order valence-electron chi connectivity index (χ1n) is 9.86. The minimum atomic E-state index is -1.02. The summed E-state index contributed by atoms with van der Waals surface area (Å²) in [4.78, 5) is 20.1. The van der Waals surface area contributed by atoms with Crippen LogP contribution in [0.15, 0.2) is 60.9 Å². The fourth-order valence-corrected chi connectivity index (χ4v) is 3.05. The number of aliphatic carboxylic acids is 1. The van der Waals surface area contributed by atoms with E-state index in [1.165, 1.54) is 31.3 Å². The van der Waals surface area contributed by atoms with Crippen LogP contribution in [0.5, 0.6) is 5.75 Å². The van der Waals surface area contributed by atoms with E-state index < -0.39 is 12.0 Å². The van der Waals surface area contributed by atoms with Crippen molar-refractivity contribution in [2.45, 2.75) is 25.3 Å². The lowest BCUT2D eigenvalue weighted by molar-refractivity contribution is -0.137. The molecule has 0 aliphatic heterocycles. The molecule has 1 heterocycles. The Balaban J connectivity index is 1.44. The number of carbonyl (C=O) groups is 1. The molecule has 1 saturated carbocycles. The second-order valence-corrected chi connectivity index (χ2v) is 7.43. The van der Waals surface area contributed by atoms with Crippen molar-refractivity contribution in [2.75, 3.05) is 11.9 Å². The van der Waals surface area contributed by atoms with Gasteiger partial charge in [0.25, 0.3) is 0 Å². The van der Waals surface area contributed by atoms with Crippen LogP contribution in [0.1, 0.15) is 18.4 Å². The fourth-order valence-electron chi connectivity index (χ4n) is 3.05. The fraction of sp³-hybridized carbons (Fsp3) is 0.261. The van der Waals surface area contributed by atoms with Crippen molar-refractivity contribution in [3.8, 4) is 17.0 Å². The molecule has 2 N–H and O–H groups in total. The van der Waals surface area contributed by atoms with E-state index >= 15 is 0 Å². The minimum absolute atomic E-state index is 0.196. The zero-order valence-corrected chi connectivity index (χ0v) is 16.3. The number of nitrogens with zero attached hydrogens (tertiary/aromatic N) is 2. The average molecular weight is 407 g/mol. The summed E-state index contributed by atoms with van der Waals surface area (Å²) in [6, 6.07) is 14.2. The van der Waals surface area contributed by atoms with Crippen molar-refractivity contribution in [3.63, 3.8) is 0 Å². The minimum Gasteiger partial charge on any atom is -0.493 e. The largest absolute Gasteiger partial charge is 0.493 e. The van der Waals surface area contributed by atoms with Crippen LogP contribution in [0, 0.1) is 11.7 Å². The van der Waals surface area contributed by atoms with Crippen molar-refractivity contribution >= 4 is 11.8 Å². The third-order valence-corrected chi connectivity index (χ3v) is 4.97. The van der Waals surface area contributed by atoms with E-state index in [1.54, 1.807) is 18.2 Å². The Morgan fingerprint density at radius 2 is 1.87 bits per heavy atom. The van der Waals surface area contributed by atoms with Crippen molar-refractivity contribution in [1.29, 1.82) is 0 Å². The van der Waals surface area contributed by atoms with Crippen LogP contribution in [0.2, 0.25) is 0 Å². The summed E-state index contributed by atoms with van der Waals surface area (Å²) < 4.78 is 18.8. The van der Waals surface area contributed by atoms with Crippen molar-refractivity contribution in [2.24, 2.45) is 5.92 Å². The molecule has 0 radical (unpaired) electrons. The highest BCUT2D eigenvalue weighted by Gasteiger charge is 2.22. The zero-order valence-electron chi connectivity index (χ0n) is 16.3. The number of ether oxygens (including phenoxy) is 1. The van der Waals surface area contributed by atoms with Crippen LogP contribution in [0.25, 0.3) is 11.3 Å². The first kappa shape index (κ1) is 19.8. The van der Waals surface area contributed by atoms with Gasteiger partial charge in [-0.2, -0.15) is 0 Å². The Labute approximate surface area is 173 Å². The maximum Gasteiger partial charge on any atom is 0.326 e. The molecule has 0 spiro atoms. The molecule has 1 aromatic heterocycles. The van der Waals surface area contributed by atoms with E-state index in [0.717, 1.165) is 17.9 Å². The lowest BCUT2D eigenvalue weighted by Gasteiger charge is -2.15. The molecular weight excluding hydrogens is 385 g/mol. The maximum atomic E-state index is 13.1. The molecule has 1 aliphatic rings. The molecule has 6 nitrogen and oxygen atoms in total. The third kappa shape index (κ3) is 5.31. The summed E-state index contributed by atoms with van der Waals surface area (Å²) in [5, 5.41) is 12.5. The van der Waals surface area contributed by atoms with E-state index in [2.05, 4.69) is 15.3 Å². The number of carboxylic acids is 1. The number of rotatable bonds is 9. The van der Waals surface area contributed by atoms with E-state index in [4.69, 9.17) is 4.74 Å². The molecule has 0 bridgehead atoms. The highest BCUT2D eigenvalue weighted by molar-refractivity contribution is 5.77. The van der Waals surface area contributed by atoms with Gasteiger partial charge in [0, 0.05) is 18.1 Å². The van der Waals surface area contributed by atoms with Crippen LogP contribution >= 0.6 is 0 Å². The van der Waals surface area contributed by atoms with Crippen molar-refractivity contribution in [1.82, 2.24) is 9.97 Å². The van der Waals surface area contributed by atoms with Gasteiger partial charge in [0.2, 0.25) is 0 Å². The summed E-state index contributed by atoms with van der Waals surface area (Å²) in [6.45, 7) is 0.756. The number of hydrogen-bond acceptors (Lipinski definition) is 5. The van der Waals surface area contributed by atoms with Gasteiger partial charge in [-0.25, -0.2) is 19.2 Å². The predicted octanol–water partition coefficient (Wildman–Crippen LogP) is 4.18. The molecule has 4 rings (SSSR count). The molecule has 0 saturated heterocycles. The molecule has 2 aromatic carbocycles. The lowest BCUT2D eigenvalue weighted by atomic mass is 10.1. The van der Waals surface area contributed by atoms with Gasteiger partial charge in [0.15, 0.2) is 0 Å². The van der Waals surface area contributed by atoms with Crippen molar-refractivity contribution in [3.05, 3.63) is 72.3 Å². The molecule has 1 fully saturated rings. The number of benzene rings is 2. The number of aromatic nitrogens is 2. The highest BCUT2D eigenvalue weighted by atomic mass is 19.1. The summed E-state index contributed by atoms with van der Waals surface area (Å²) in [6.07, 6.45) is 4.08. The summed E-state index contributed by atoms with van der Waals surface area (Å²) in [5.74, 6) is 0.545. The number of halogens is 1.